The fourth-order valence-corrected chi connectivity index (χ4v) is 2.12. The van der Waals surface area contributed by atoms with E-state index in [1.807, 2.05) is 20.8 Å². The first kappa shape index (κ1) is 14.0. The zero-order valence-electron chi connectivity index (χ0n) is 10.7. The Balaban J connectivity index is 2.66. The Morgan fingerprint density at radius 2 is 2.12 bits per heavy atom. The molecule has 2 atom stereocenters. The molecule has 5 nitrogen and oxygen atoms in total. The summed E-state index contributed by atoms with van der Waals surface area (Å²) >= 11 is 0. The van der Waals surface area contributed by atoms with Crippen LogP contribution in [0.5, 0.6) is 0 Å². The lowest BCUT2D eigenvalue weighted by Gasteiger charge is -2.33. The quantitative estimate of drug-likeness (QED) is 0.803. The molecule has 0 aliphatic carbocycles. The molecule has 1 saturated heterocycles. The highest BCUT2D eigenvalue weighted by molar-refractivity contribution is 5.83. The molecule has 0 aromatic carbocycles. The molecule has 0 aromatic rings. The summed E-state index contributed by atoms with van der Waals surface area (Å²) in [5, 5.41) is 8.81. The van der Waals surface area contributed by atoms with Crippen molar-refractivity contribution in [2.24, 2.45) is 5.92 Å². The van der Waals surface area contributed by atoms with Crippen molar-refractivity contribution < 1.29 is 19.4 Å². The molecule has 1 aliphatic heterocycles. The largest absolute Gasteiger partial charge is 0.480 e. The summed E-state index contributed by atoms with van der Waals surface area (Å²) < 4.78 is 5.39. The van der Waals surface area contributed by atoms with Crippen molar-refractivity contribution in [1.82, 2.24) is 4.90 Å². The predicted octanol–water partition coefficient (Wildman–Crippen LogP) is 1.12. The first-order valence-corrected chi connectivity index (χ1v) is 6.05. The Labute approximate surface area is 102 Å². The van der Waals surface area contributed by atoms with Gasteiger partial charge in [-0.15, -0.1) is 0 Å². The van der Waals surface area contributed by atoms with Crippen molar-refractivity contribution in [1.29, 1.82) is 0 Å². The van der Waals surface area contributed by atoms with Gasteiger partial charge in [0.05, 0.1) is 6.10 Å². The van der Waals surface area contributed by atoms with Crippen LogP contribution in [0.1, 0.15) is 33.6 Å². The van der Waals surface area contributed by atoms with E-state index in [-0.39, 0.29) is 30.5 Å². The highest BCUT2D eigenvalue weighted by atomic mass is 16.5. The lowest BCUT2D eigenvalue weighted by atomic mass is 9.94. The summed E-state index contributed by atoms with van der Waals surface area (Å²) in [6.07, 6.45) is 1.45. The summed E-state index contributed by atoms with van der Waals surface area (Å²) in [4.78, 5) is 24.4. The van der Waals surface area contributed by atoms with Gasteiger partial charge in [-0.3, -0.25) is 9.59 Å². The highest BCUT2D eigenvalue weighted by Crippen LogP contribution is 2.22. The minimum absolute atomic E-state index is 0.0578. The molecule has 17 heavy (non-hydrogen) atoms. The van der Waals surface area contributed by atoms with Crippen LogP contribution >= 0.6 is 0 Å². The fraction of sp³-hybridized carbons (Fsp3) is 0.833. The van der Waals surface area contributed by atoms with Crippen molar-refractivity contribution in [3.05, 3.63) is 0 Å². The van der Waals surface area contributed by atoms with Crippen LogP contribution < -0.4 is 0 Å². The summed E-state index contributed by atoms with van der Waals surface area (Å²) in [7, 11) is 0. The van der Waals surface area contributed by atoms with E-state index < -0.39 is 5.97 Å². The van der Waals surface area contributed by atoms with Crippen LogP contribution in [0.3, 0.4) is 0 Å². The van der Waals surface area contributed by atoms with Gasteiger partial charge in [0.25, 0.3) is 0 Å². The Kier molecular flexibility index (Phi) is 4.93. The molecule has 1 N–H and O–H groups in total. The van der Waals surface area contributed by atoms with Crippen LogP contribution in [0.15, 0.2) is 0 Å². The number of carboxylic acids is 1. The third kappa shape index (κ3) is 4.00. The predicted molar refractivity (Wildman–Crippen MR) is 62.6 cm³/mol. The lowest BCUT2D eigenvalue weighted by Crippen LogP contribution is -2.45. The summed E-state index contributed by atoms with van der Waals surface area (Å²) in [6, 6.07) is -0.0863. The Morgan fingerprint density at radius 3 is 2.59 bits per heavy atom. The molecule has 2 unspecified atom stereocenters. The minimum Gasteiger partial charge on any atom is -0.480 e. The molecular formula is C12H21NO4. The molecule has 1 amide bonds. The van der Waals surface area contributed by atoms with Gasteiger partial charge in [0.1, 0.15) is 6.54 Å². The van der Waals surface area contributed by atoms with Gasteiger partial charge in [-0.05, 0) is 33.6 Å². The Hall–Kier alpha value is -1.10. The van der Waals surface area contributed by atoms with Gasteiger partial charge in [0, 0.05) is 18.6 Å². The maximum absolute atomic E-state index is 12.2. The fourth-order valence-electron chi connectivity index (χ4n) is 2.12. The van der Waals surface area contributed by atoms with Crippen molar-refractivity contribution in [3.63, 3.8) is 0 Å². The topological polar surface area (TPSA) is 66.8 Å². The van der Waals surface area contributed by atoms with Crippen LogP contribution in [-0.4, -0.2) is 47.2 Å². The van der Waals surface area contributed by atoms with Crippen LogP contribution in [0.2, 0.25) is 0 Å². The number of amides is 1. The number of aliphatic carboxylic acids is 1. The number of carbonyl (C=O) groups excluding carboxylic acids is 1. The third-order valence-electron chi connectivity index (χ3n) is 3.05. The van der Waals surface area contributed by atoms with E-state index in [9.17, 15) is 9.59 Å². The van der Waals surface area contributed by atoms with Crippen LogP contribution in [0.25, 0.3) is 0 Å². The molecule has 1 heterocycles. The normalized spacial score (nSPS) is 24.7. The maximum Gasteiger partial charge on any atom is 0.323 e. The SMILES string of the molecule is CC1CC(C(=O)N(CC(=O)O)C(C)C)CCO1. The van der Waals surface area contributed by atoms with Gasteiger partial charge in [-0.25, -0.2) is 0 Å². The monoisotopic (exact) mass is 243 g/mol. The van der Waals surface area contributed by atoms with E-state index in [1.165, 1.54) is 4.90 Å². The average molecular weight is 243 g/mol. The second-order valence-corrected chi connectivity index (χ2v) is 4.86. The number of rotatable bonds is 4. The summed E-state index contributed by atoms with van der Waals surface area (Å²) in [6.45, 7) is 5.97. The molecule has 5 heteroatoms. The highest BCUT2D eigenvalue weighted by Gasteiger charge is 2.31. The van der Waals surface area contributed by atoms with Gasteiger partial charge in [-0.2, -0.15) is 0 Å². The van der Waals surface area contributed by atoms with E-state index in [0.29, 0.717) is 19.4 Å². The molecule has 0 spiro atoms. The van der Waals surface area contributed by atoms with E-state index >= 15 is 0 Å². The van der Waals surface area contributed by atoms with E-state index in [0.717, 1.165) is 0 Å². The maximum atomic E-state index is 12.2. The molecule has 0 aromatic heterocycles. The molecule has 0 radical (unpaired) electrons. The van der Waals surface area contributed by atoms with E-state index in [4.69, 9.17) is 9.84 Å². The third-order valence-corrected chi connectivity index (χ3v) is 3.05. The number of nitrogens with zero attached hydrogens (tertiary/aromatic N) is 1. The molecule has 1 aliphatic rings. The Morgan fingerprint density at radius 1 is 1.47 bits per heavy atom. The van der Waals surface area contributed by atoms with Gasteiger partial charge in [0.2, 0.25) is 5.91 Å². The summed E-state index contributed by atoms with van der Waals surface area (Å²) in [5.41, 5.74) is 0. The van der Waals surface area contributed by atoms with Crippen LogP contribution in [0, 0.1) is 5.92 Å². The minimum atomic E-state index is -0.966. The second kappa shape index (κ2) is 6.00. The number of hydrogen-bond donors (Lipinski definition) is 1. The van der Waals surface area contributed by atoms with Crippen molar-refractivity contribution in [3.8, 4) is 0 Å². The second-order valence-electron chi connectivity index (χ2n) is 4.86. The van der Waals surface area contributed by atoms with Crippen molar-refractivity contribution in [2.45, 2.75) is 45.8 Å². The van der Waals surface area contributed by atoms with Crippen LogP contribution in [0.4, 0.5) is 0 Å². The molecular weight excluding hydrogens is 222 g/mol. The summed E-state index contributed by atoms with van der Waals surface area (Å²) in [5.74, 6) is -1.12. The van der Waals surface area contributed by atoms with Crippen molar-refractivity contribution in [2.75, 3.05) is 13.2 Å². The first-order valence-electron chi connectivity index (χ1n) is 6.05. The number of ether oxygens (including phenoxy) is 1. The Bertz CT molecular complexity index is 290. The van der Waals surface area contributed by atoms with Gasteiger partial charge in [-0.1, -0.05) is 0 Å². The van der Waals surface area contributed by atoms with E-state index in [2.05, 4.69) is 0 Å². The van der Waals surface area contributed by atoms with Gasteiger partial charge >= 0.3 is 5.97 Å². The number of carboxylic acid groups (broad SMARTS) is 1. The zero-order chi connectivity index (χ0) is 13.0. The molecule has 1 rings (SSSR count). The molecule has 0 bridgehead atoms. The molecule has 98 valence electrons. The number of hydrogen-bond acceptors (Lipinski definition) is 3. The van der Waals surface area contributed by atoms with Gasteiger partial charge < -0.3 is 14.7 Å². The van der Waals surface area contributed by atoms with Gasteiger partial charge in [0.15, 0.2) is 0 Å². The zero-order valence-corrected chi connectivity index (χ0v) is 10.7. The standard InChI is InChI=1S/C12H21NO4/c1-8(2)13(7-11(14)15)12(16)10-4-5-17-9(3)6-10/h8-10H,4-7H2,1-3H3,(H,14,15). The number of carbonyl (C=O) groups is 2. The lowest BCUT2D eigenvalue weighted by molar-refractivity contribution is -0.150. The van der Waals surface area contributed by atoms with E-state index in [1.54, 1.807) is 0 Å². The average Bonchev–Trinajstić information content (AvgIpc) is 2.24. The molecule has 0 saturated carbocycles. The first-order chi connectivity index (χ1) is 7.91. The molecule has 1 fully saturated rings. The smallest absolute Gasteiger partial charge is 0.323 e. The van der Waals surface area contributed by atoms with Crippen molar-refractivity contribution >= 4 is 11.9 Å². The van der Waals surface area contributed by atoms with Crippen LogP contribution in [-0.2, 0) is 14.3 Å².